The molecule has 0 aliphatic heterocycles. The Morgan fingerprint density at radius 1 is 0.833 bits per heavy atom. The van der Waals surface area contributed by atoms with Gasteiger partial charge in [-0.15, -0.1) is 0 Å². The number of thiocarbonyl (C=S) groups is 1. The van der Waals surface area contributed by atoms with Crippen molar-refractivity contribution in [3.8, 4) is 11.1 Å². The fourth-order valence-corrected chi connectivity index (χ4v) is 3.13. The minimum Gasteiger partial charge on any atom is -0.396 e. The van der Waals surface area contributed by atoms with Gasteiger partial charge in [-0.1, -0.05) is 86.4 Å². The van der Waals surface area contributed by atoms with Gasteiger partial charge in [0, 0.05) is 12.2 Å². The molecule has 2 nitrogen and oxygen atoms in total. The summed E-state index contributed by atoms with van der Waals surface area (Å²) in [5, 5.41) is 8.76. The summed E-state index contributed by atoms with van der Waals surface area (Å²) in [5.74, 6) is 0. The lowest BCUT2D eigenvalue weighted by Gasteiger charge is -2.09. The van der Waals surface area contributed by atoms with Crippen LogP contribution in [0.5, 0.6) is 0 Å². The predicted molar refractivity (Wildman–Crippen MR) is 106 cm³/mol. The highest BCUT2D eigenvalue weighted by Gasteiger charge is 2.06. The average Bonchev–Trinajstić information content (AvgIpc) is 2.61. The summed E-state index contributed by atoms with van der Waals surface area (Å²) in [4.78, 5) is 0.441. The van der Waals surface area contributed by atoms with Gasteiger partial charge in [0.2, 0.25) is 0 Å². The van der Waals surface area contributed by atoms with Crippen LogP contribution in [0, 0.1) is 0 Å². The predicted octanol–water partition coefficient (Wildman–Crippen LogP) is 4.86. The number of benzene rings is 2. The largest absolute Gasteiger partial charge is 0.396 e. The number of rotatable bonds is 10. The zero-order valence-electron chi connectivity index (χ0n) is 14.2. The van der Waals surface area contributed by atoms with E-state index >= 15 is 0 Å². The Morgan fingerprint density at radius 3 is 2.12 bits per heavy atom. The van der Waals surface area contributed by atoms with Crippen molar-refractivity contribution in [1.29, 1.82) is 0 Å². The van der Waals surface area contributed by atoms with Crippen molar-refractivity contribution < 1.29 is 5.11 Å². The molecule has 0 radical (unpaired) electrons. The normalized spacial score (nSPS) is 10.7. The van der Waals surface area contributed by atoms with Crippen LogP contribution in [0.4, 0.5) is 0 Å². The van der Waals surface area contributed by atoms with E-state index in [4.69, 9.17) is 23.1 Å². The van der Waals surface area contributed by atoms with Crippen LogP contribution in [0.25, 0.3) is 11.1 Å². The number of hydrogen-bond donors (Lipinski definition) is 2. The van der Waals surface area contributed by atoms with E-state index in [2.05, 4.69) is 30.3 Å². The zero-order valence-corrected chi connectivity index (χ0v) is 15.0. The van der Waals surface area contributed by atoms with E-state index in [1.165, 1.54) is 31.2 Å². The molecule has 0 bridgehead atoms. The fraction of sp³-hybridized carbons (Fsp3) is 0.381. The number of aliphatic hydroxyl groups excluding tert-OH is 1. The molecule has 3 heteroatoms. The van der Waals surface area contributed by atoms with Crippen LogP contribution >= 0.6 is 12.2 Å². The van der Waals surface area contributed by atoms with Gasteiger partial charge in [-0.3, -0.25) is 0 Å². The first-order valence-electron chi connectivity index (χ1n) is 8.81. The summed E-state index contributed by atoms with van der Waals surface area (Å²) >= 11 is 5.15. The first-order valence-corrected chi connectivity index (χ1v) is 9.22. The van der Waals surface area contributed by atoms with Crippen molar-refractivity contribution in [2.24, 2.45) is 5.73 Å². The Hall–Kier alpha value is -1.71. The second-order valence-corrected chi connectivity index (χ2v) is 6.64. The van der Waals surface area contributed by atoms with Crippen LogP contribution < -0.4 is 5.73 Å². The van der Waals surface area contributed by atoms with E-state index in [-0.39, 0.29) is 0 Å². The van der Waals surface area contributed by atoms with E-state index in [1.54, 1.807) is 0 Å². The molecule has 0 amide bonds. The van der Waals surface area contributed by atoms with Gasteiger partial charge < -0.3 is 10.8 Å². The molecular weight excluding hydrogens is 314 g/mol. The molecule has 2 aromatic rings. The lowest BCUT2D eigenvalue weighted by Crippen LogP contribution is -2.10. The van der Waals surface area contributed by atoms with Crippen molar-refractivity contribution >= 4 is 17.2 Å². The van der Waals surface area contributed by atoms with Crippen LogP contribution in [-0.2, 0) is 6.42 Å². The van der Waals surface area contributed by atoms with E-state index in [0.29, 0.717) is 11.6 Å². The maximum atomic E-state index is 8.76. The third kappa shape index (κ3) is 5.73. The maximum Gasteiger partial charge on any atom is 0.104 e. The van der Waals surface area contributed by atoms with Crippen molar-refractivity contribution in [1.82, 2.24) is 0 Å². The Morgan fingerprint density at radius 2 is 1.46 bits per heavy atom. The molecule has 24 heavy (non-hydrogen) atoms. The molecule has 0 saturated carbocycles. The van der Waals surface area contributed by atoms with Gasteiger partial charge in [0.25, 0.3) is 0 Å². The van der Waals surface area contributed by atoms with Crippen molar-refractivity contribution in [2.45, 2.75) is 44.9 Å². The summed E-state index contributed by atoms with van der Waals surface area (Å²) < 4.78 is 0. The van der Waals surface area contributed by atoms with Crippen molar-refractivity contribution in [2.75, 3.05) is 6.61 Å². The molecule has 0 spiro atoms. The highest BCUT2D eigenvalue weighted by Crippen LogP contribution is 2.24. The molecule has 0 aromatic heterocycles. The molecule has 128 valence electrons. The number of aryl methyl sites for hydroxylation is 1. The zero-order chi connectivity index (χ0) is 17.2. The Bertz CT molecular complexity index is 637. The lowest BCUT2D eigenvalue weighted by atomic mass is 9.97. The van der Waals surface area contributed by atoms with Crippen molar-refractivity contribution in [3.05, 3.63) is 59.7 Å². The molecule has 0 fully saturated rings. The van der Waals surface area contributed by atoms with Gasteiger partial charge in [-0.05, 0) is 36.0 Å². The molecule has 0 unspecified atom stereocenters. The molecule has 3 N–H and O–H groups in total. The first kappa shape index (κ1) is 18.6. The molecule has 2 aromatic carbocycles. The Kier molecular flexibility index (Phi) is 7.93. The van der Waals surface area contributed by atoms with Gasteiger partial charge >= 0.3 is 0 Å². The summed E-state index contributed by atoms with van der Waals surface area (Å²) in [6.07, 6.45) is 8.19. The maximum absolute atomic E-state index is 8.76. The minimum atomic E-state index is 0.324. The third-order valence-electron chi connectivity index (χ3n) is 4.33. The topological polar surface area (TPSA) is 46.2 Å². The van der Waals surface area contributed by atoms with Gasteiger partial charge in [0.1, 0.15) is 4.99 Å². The highest BCUT2D eigenvalue weighted by atomic mass is 32.1. The Balaban J connectivity index is 1.86. The van der Waals surface area contributed by atoms with E-state index < -0.39 is 0 Å². The smallest absolute Gasteiger partial charge is 0.104 e. The standard InChI is InChI=1S/C21H27NOS/c22-21(24)20-11-7-6-10-19(20)18-14-12-17(13-15-18)9-5-3-1-2-4-8-16-23/h6-7,10-15,23H,1-5,8-9,16H2,(H2,22,24). The van der Waals surface area contributed by atoms with Gasteiger partial charge in [-0.2, -0.15) is 0 Å². The van der Waals surface area contributed by atoms with Gasteiger partial charge in [0.05, 0.1) is 0 Å². The number of aliphatic hydroxyl groups is 1. The molecule has 0 atom stereocenters. The van der Waals surface area contributed by atoms with E-state index in [1.807, 2.05) is 18.2 Å². The van der Waals surface area contributed by atoms with Crippen molar-refractivity contribution in [3.63, 3.8) is 0 Å². The molecule has 0 heterocycles. The van der Waals surface area contributed by atoms with E-state index in [0.717, 1.165) is 36.0 Å². The van der Waals surface area contributed by atoms with Crippen LogP contribution in [0.3, 0.4) is 0 Å². The fourth-order valence-electron chi connectivity index (χ4n) is 2.95. The SMILES string of the molecule is NC(=S)c1ccccc1-c1ccc(CCCCCCCCO)cc1. The monoisotopic (exact) mass is 341 g/mol. The average molecular weight is 342 g/mol. The molecular formula is C21H27NOS. The summed E-state index contributed by atoms with van der Waals surface area (Å²) in [6, 6.07) is 16.8. The second kappa shape index (κ2) is 10.2. The third-order valence-corrected chi connectivity index (χ3v) is 4.55. The first-order chi connectivity index (χ1) is 11.7. The van der Waals surface area contributed by atoms with Crippen LogP contribution in [0.1, 0.15) is 49.7 Å². The summed E-state index contributed by atoms with van der Waals surface area (Å²) in [5.41, 5.74) is 10.4. The second-order valence-electron chi connectivity index (χ2n) is 6.20. The minimum absolute atomic E-state index is 0.324. The van der Waals surface area contributed by atoms with Crippen LogP contribution in [-0.4, -0.2) is 16.7 Å². The number of unbranched alkanes of at least 4 members (excludes halogenated alkanes) is 5. The number of nitrogens with two attached hydrogens (primary N) is 1. The number of hydrogen-bond acceptors (Lipinski definition) is 2. The highest BCUT2D eigenvalue weighted by molar-refractivity contribution is 7.80. The molecule has 0 aliphatic rings. The lowest BCUT2D eigenvalue weighted by molar-refractivity contribution is 0.282. The molecule has 0 aliphatic carbocycles. The van der Waals surface area contributed by atoms with Crippen LogP contribution in [0.2, 0.25) is 0 Å². The van der Waals surface area contributed by atoms with Crippen LogP contribution in [0.15, 0.2) is 48.5 Å². The summed E-state index contributed by atoms with van der Waals surface area (Å²) in [7, 11) is 0. The molecule has 2 rings (SSSR count). The Labute approximate surface area is 150 Å². The molecule has 0 saturated heterocycles. The van der Waals surface area contributed by atoms with E-state index in [9.17, 15) is 0 Å². The summed E-state index contributed by atoms with van der Waals surface area (Å²) in [6.45, 7) is 0.324. The van der Waals surface area contributed by atoms with Gasteiger partial charge in [-0.25, -0.2) is 0 Å². The quantitative estimate of drug-likeness (QED) is 0.479. The van der Waals surface area contributed by atoms with Gasteiger partial charge in [0.15, 0.2) is 0 Å².